The van der Waals surface area contributed by atoms with Gasteiger partial charge >= 0.3 is 18.2 Å². The maximum atomic E-state index is 12.2. The van der Waals surface area contributed by atoms with E-state index in [9.17, 15) is 27.9 Å². The third kappa shape index (κ3) is 4.84. The Kier molecular flexibility index (Phi) is 5.63. The lowest BCUT2D eigenvalue weighted by molar-refractivity contribution is -0.174. The number of nitrogens with one attached hydrogen (secondary N) is 1. The van der Waals surface area contributed by atoms with Gasteiger partial charge in [-0.25, -0.2) is 4.79 Å². The molecule has 0 unspecified atom stereocenters. The van der Waals surface area contributed by atoms with Gasteiger partial charge in [0.15, 0.2) is 0 Å². The Bertz CT molecular complexity index is 693. The number of hydrogen-bond donors (Lipinski definition) is 2. The lowest BCUT2D eigenvalue weighted by Crippen LogP contribution is -2.61. The Morgan fingerprint density at radius 1 is 1.19 bits per heavy atom. The summed E-state index contributed by atoms with van der Waals surface area (Å²) in [5.41, 5.74) is 1.06. The minimum atomic E-state index is -4.87. The summed E-state index contributed by atoms with van der Waals surface area (Å²) in [7, 11) is 0. The van der Waals surface area contributed by atoms with E-state index in [0.29, 0.717) is 13.1 Å². The second kappa shape index (κ2) is 7.28. The minimum Gasteiger partial charge on any atom is -0.465 e. The summed E-state index contributed by atoms with van der Waals surface area (Å²) in [6, 6.07) is 6.33. The molecule has 0 spiro atoms. The SMILES string of the molecule is C[C@@H](c1ccc(N2CC(NC(=O)C(F)(F)F)C2)cc1)N(C(=O)O)C(C)(C)C. The molecule has 0 aliphatic carbocycles. The van der Waals surface area contributed by atoms with Crippen molar-refractivity contribution in [3.8, 4) is 0 Å². The minimum absolute atomic E-state index is 0.292. The molecule has 1 aromatic rings. The Labute approximate surface area is 155 Å². The molecule has 1 fully saturated rings. The van der Waals surface area contributed by atoms with Gasteiger partial charge in [0.25, 0.3) is 0 Å². The molecule has 2 rings (SSSR count). The molecule has 1 aromatic carbocycles. The molecule has 1 saturated heterocycles. The van der Waals surface area contributed by atoms with Crippen molar-refractivity contribution in [1.82, 2.24) is 10.2 Å². The fourth-order valence-corrected chi connectivity index (χ4v) is 3.19. The smallest absolute Gasteiger partial charge is 0.465 e. The first-order valence-corrected chi connectivity index (χ1v) is 8.55. The van der Waals surface area contributed by atoms with Crippen LogP contribution < -0.4 is 10.2 Å². The first kappa shape index (κ1) is 20.9. The number of nitrogens with zero attached hydrogens (tertiary/aromatic N) is 2. The van der Waals surface area contributed by atoms with Crippen molar-refractivity contribution in [2.45, 2.75) is 51.5 Å². The van der Waals surface area contributed by atoms with Crippen LogP contribution in [0.25, 0.3) is 0 Å². The summed E-state index contributed by atoms with van der Waals surface area (Å²) < 4.78 is 36.7. The second-order valence-corrected chi connectivity index (χ2v) is 7.66. The number of benzene rings is 1. The highest BCUT2D eigenvalue weighted by Crippen LogP contribution is 2.30. The highest BCUT2D eigenvalue weighted by atomic mass is 19.4. The molecule has 0 radical (unpaired) electrons. The van der Waals surface area contributed by atoms with Crippen LogP contribution in [0.4, 0.5) is 23.7 Å². The highest BCUT2D eigenvalue weighted by molar-refractivity contribution is 5.82. The van der Waals surface area contributed by atoms with E-state index in [0.717, 1.165) is 11.3 Å². The molecule has 9 heteroatoms. The van der Waals surface area contributed by atoms with Crippen molar-refractivity contribution in [3.05, 3.63) is 29.8 Å². The van der Waals surface area contributed by atoms with E-state index in [1.807, 2.05) is 43.1 Å². The van der Waals surface area contributed by atoms with Crippen LogP contribution in [0.5, 0.6) is 0 Å². The molecular weight excluding hydrogens is 363 g/mol. The zero-order chi connectivity index (χ0) is 20.6. The zero-order valence-corrected chi connectivity index (χ0v) is 15.7. The zero-order valence-electron chi connectivity index (χ0n) is 15.7. The maximum absolute atomic E-state index is 12.2. The Morgan fingerprint density at radius 2 is 1.70 bits per heavy atom. The lowest BCUT2D eigenvalue weighted by atomic mass is 9.99. The van der Waals surface area contributed by atoms with Crippen LogP contribution in [0.3, 0.4) is 0 Å². The Balaban J connectivity index is 1.99. The van der Waals surface area contributed by atoms with E-state index in [4.69, 9.17) is 0 Å². The van der Waals surface area contributed by atoms with Gasteiger partial charge in [0.1, 0.15) is 0 Å². The topological polar surface area (TPSA) is 72.9 Å². The second-order valence-electron chi connectivity index (χ2n) is 7.66. The van der Waals surface area contributed by atoms with Crippen molar-refractivity contribution in [2.75, 3.05) is 18.0 Å². The van der Waals surface area contributed by atoms with Crippen molar-refractivity contribution in [1.29, 1.82) is 0 Å². The molecule has 0 bridgehead atoms. The molecule has 0 aromatic heterocycles. The van der Waals surface area contributed by atoms with Gasteiger partial charge in [-0.1, -0.05) is 12.1 Å². The third-order valence-corrected chi connectivity index (χ3v) is 4.53. The summed E-state index contributed by atoms with van der Waals surface area (Å²) >= 11 is 0. The molecule has 1 atom stereocenters. The van der Waals surface area contributed by atoms with Crippen LogP contribution in [0, 0.1) is 0 Å². The van der Waals surface area contributed by atoms with Crippen LogP contribution >= 0.6 is 0 Å². The number of anilines is 1. The van der Waals surface area contributed by atoms with E-state index >= 15 is 0 Å². The van der Waals surface area contributed by atoms with Crippen LogP contribution in [-0.4, -0.2) is 52.9 Å². The van der Waals surface area contributed by atoms with Crippen molar-refractivity contribution < 1.29 is 27.9 Å². The van der Waals surface area contributed by atoms with E-state index in [1.54, 1.807) is 19.1 Å². The monoisotopic (exact) mass is 387 g/mol. The summed E-state index contributed by atoms with van der Waals surface area (Å²) in [6.45, 7) is 7.85. The predicted molar refractivity (Wildman–Crippen MR) is 94.7 cm³/mol. The Hall–Kier alpha value is -2.45. The summed E-state index contributed by atoms with van der Waals surface area (Å²) in [6.07, 6.45) is -5.88. The predicted octanol–water partition coefficient (Wildman–Crippen LogP) is 3.39. The molecule has 2 amide bonds. The van der Waals surface area contributed by atoms with Crippen molar-refractivity contribution >= 4 is 17.7 Å². The molecule has 1 heterocycles. The molecular formula is C18H24F3N3O3. The van der Waals surface area contributed by atoms with E-state index < -0.39 is 29.8 Å². The fourth-order valence-electron chi connectivity index (χ4n) is 3.19. The summed E-state index contributed by atoms with van der Waals surface area (Å²) in [5, 5.41) is 11.4. The van der Waals surface area contributed by atoms with Gasteiger partial charge < -0.3 is 15.3 Å². The summed E-state index contributed by atoms with van der Waals surface area (Å²) in [4.78, 5) is 25.7. The number of halogens is 3. The molecule has 1 aliphatic heterocycles. The largest absolute Gasteiger partial charge is 0.471 e. The van der Waals surface area contributed by atoms with Gasteiger partial charge in [-0.3, -0.25) is 9.69 Å². The van der Waals surface area contributed by atoms with Crippen molar-refractivity contribution in [3.63, 3.8) is 0 Å². The van der Waals surface area contributed by atoms with Gasteiger partial charge in [-0.2, -0.15) is 13.2 Å². The highest BCUT2D eigenvalue weighted by Gasteiger charge is 2.41. The fraction of sp³-hybridized carbons (Fsp3) is 0.556. The third-order valence-electron chi connectivity index (χ3n) is 4.53. The van der Waals surface area contributed by atoms with Gasteiger partial charge in [0.2, 0.25) is 0 Å². The number of carbonyl (C=O) groups excluding carboxylic acids is 1. The number of amides is 2. The number of hydrogen-bond acceptors (Lipinski definition) is 3. The van der Waals surface area contributed by atoms with Crippen LogP contribution in [0.2, 0.25) is 0 Å². The normalized spacial score (nSPS) is 16.5. The number of alkyl halides is 3. The van der Waals surface area contributed by atoms with Gasteiger partial charge in [0, 0.05) is 24.3 Å². The van der Waals surface area contributed by atoms with Crippen molar-refractivity contribution in [2.24, 2.45) is 0 Å². The standard InChI is InChI=1S/C18H24F3N3O3/c1-11(24(16(26)27)17(2,3)4)12-5-7-14(8-6-12)23-9-13(10-23)22-15(25)18(19,20)21/h5-8,11,13H,9-10H2,1-4H3,(H,22,25)(H,26,27)/t11-/m0/s1. The van der Waals surface area contributed by atoms with Crippen LogP contribution in [0.1, 0.15) is 39.3 Å². The molecule has 27 heavy (non-hydrogen) atoms. The number of carboxylic acid groups (broad SMARTS) is 1. The lowest BCUT2D eigenvalue weighted by Gasteiger charge is -2.41. The first-order chi connectivity index (χ1) is 12.3. The molecule has 6 nitrogen and oxygen atoms in total. The molecule has 2 N–H and O–H groups in total. The quantitative estimate of drug-likeness (QED) is 0.831. The van der Waals surface area contributed by atoms with E-state index in [1.165, 1.54) is 4.90 Å². The van der Waals surface area contributed by atoms with Crippen LogP contribution in [0.15, 0.2) is 24.3 Å². The molecule has 150 valence electrons. The number of carbonyl (C=O) groups is 2. The maximum Gasteiger partial charge on any atom is 0.471 e. The summed E-state index contributed by atoms with van der Waals surface area (Å²) in [5.74, 6) is -1.92. The van der Waals surface area contributed by atoms with Crippen LogP contribution in [-0.2, 0) is 4.79 Å². The molecule has 1 aliphatic rings. The van der Waals surface area contributed by atoms with Gasteiger partial charge in [-0.15, -0.1) is 0 Å². The Morgan fingerprint density at radius 3 is 2.11 bits per heavy atom. The average molecular weight is 387 g/mol. The van der Waals surface area contributed by atoms with E-state index in [2.05, 4.69) is 0 Å². The van der Waals surface area contributed by atoms with Gasteiger partial charge in [0.05, 0.1) is 12.1 Å². The first-order valence-electron chi connectivity index (χ1n) is 8.55. The molecule has 0 saturated carbocycles. The van der Waals surface area contributed by atoms with Gasteiger partial charge in [-0.05, 0) is 45.4 Å². The number of rotatable bonds is 4. The average Bonchev–Trinajstić information content (AvgIpc) is 2.47. The van der Waals surface area contributed by atoms with E-state index in [-0.39, 0.29) is 6.04 Å².